The number of carbonyl (C=O) groups excluding carboxylic acids is 5. The van der Waals surface area contributed by atoms with E-state index in [2.05, 4.69) is 45.1 Å². The number of hydrogen-bond acceptors (Lipinski definition) is 16. The maximum atomic E-state index is 14.6. The summed E-state index contributed by atoms with van der Waals surface area (Å²) in [6.45, 7) is -0.0166. The molecule has 25 nitrogen and oxygen atoms in total. The summed E-state index contributed by atoms with van der Waals surface area (Å²) in [4.78, 5) is 64.8. The number of nitrogens with zero attached hydrogens (tertiary/aromatic N) is 1. The number of rotatable bonds is 24. The summed E-state index contributed by atoms with van der Waals surface area (Å²) >= 11 is 8.07. The lowest BCUT2D eigenvalue weighted by molar-refractivity contribution is 0.0946. The second-order valence-electron chi connectivity index (χ2n) is 26.9. The van der Waals surface area contributed by atoms with Crippen molar-refractivity contribution in [3.05, 3.63) is 236 Å². The molecule has 5 heterocycles. The Bertz CT molecular complexity index is 5490. The number of fused-ring (bicyclic) bond motifs is 5. The van der Waals surface area contributed by atoms with Crippen LogP contribution in [0.2, 0.25) is 0 Å². The van der Waals surface area contributed by atoms with Crippen molar-refractivity contribution < 1.29 is 86.5 Å². The summed E-state index contributed by atoms with van der Waals surface area (Å²) < 4.78 is 156. The number of nitrogens with two attached hydrogens (primary N) is 1. The van der Waals surface area contributed by atoms with Crippen molar-refractivity contribution in [1.82, 2.24) is 31.0 Å². The first-order valence-corrected chi connectivity index (χ1v) is 42.9. The maximum Gasteiger partial charge on any atom is 0.299 e. The third-order valence-electron chi connectivity index (χ3n) is 19.5. The van der Waals surface area contributed by atoms with E-state index in [0.717, 1.165) is 32.7 Å². The Morgan fingerprint density at radius 2 is 0.982 bits per heavy atom. The molecule has 3 fully saturated rings. The number of ether oxygens (including phenoxy) is 2. The maximum absolute atomic E-state index is 14.6. The van der Waals surface area contributed by atoms with Crippen LogP contribution >= 0.6 is 90.4 Å². The summed E-state index contributed by atoms with van der Waals surface area (Å²) in [7, 11) is -8.56. The molecular formula is C74H70F4I4N10O15S3. The number of methoxy groups -OCH3 is 2. The first-order chi connectivity index (χ1) is 52.2. The predicted molar refractivity (Wildman–Crippen MR) is 434 cm³/mol. The van der Waals surface area contributed by atoms with E-state index in [0.29, 0.717) is 121 Å². The molecule has 36 heteroatoms. The van der Waals surface area contributed by atoms with E-state index in [1.165, 1.54) is 38.5 Å². The van der Waals surface area contributed by atoms with Crippen LogP contribution in [0, 0.1) is 37.5 Å². The van der Waals surface area contributed by atoms with E-state index in [4.69, 9.17) is 20.3 Å². The first-order valence-electron chi connectivity index (χ1n) is 34.1. The Kier molecular flexibility index (Phi) is 24.7. The van der Waals surface area contributed by atoms with Gasteiger partial charge in [-0.25, -0.2) is 39.4 Å². The molecule has 7 aliphatic rings. The number of pyridine rings is 1. The van der Waals surface area contributed by atoms with Gasteiger partial charge in [0.1, 0.15) is 40.5 Å². The molecule has 0 bridgehead atoms. The lowest BCUT2D eigenvalue weighted by Crippen LogP contribution is -2.32. The molecule has 7 aromatic carbocycles. The molecule has 3 saturated carbocycles. The number of anilines is 3. The van der Waals surface area contributed by atoms with Crippen LogP contribution in [0.15, 0.2) is 103 Å². The summed E-state index contributed by atoms with van der Waals surface area (Å²) in [6, 6.07) is 27.4. The first kappa shape index (κ1) is 81.9. The van der Waals surface area contributed by atoms with Crippen LogP contribution in [0.3, 0.4) is 0 Å². The van der Waals surface area contributed by atoms with Crippen LogP contribution in [0.4, 0.5) is 34.6 Å². The molecule has 1 aromatic heterocycles. The second-order valence-corrected chi connectivity index (χ2v) is 37.4. The number of primary amides is 1. The minimum atomic E-state index is -4.03. The number of aliphatic hydroxyl groups excluding tert-OH is 2. The lowest BCUT2D eigenvalue weighted by atomic mass is 9.97. The molecule has 3 aliphatic carbocycles. The van der Waals surface area contributed by atoms with Crippen molar-refractivity contribution in [3.63, 3.8) is 0 Å². The molecule has 12 N–H and O–H groups in total. The SMILES string of the molecule is COc1c2c(cc(Cc3ccc(I)cc3F)c1NS(=O)(=O)C1(CCO)CC1)C(=O)NC2.COc1c2c(cc(Cc3ccc(I)cc3F)c1NS(=O)(=O)NCCO)C(=O)NC2.NC(=O)c1nc2c(cc1Cc1ccc(I)cc1F)C(=O)NC21CC1.O=C1NCc2cc(NS(=O)(=O)C3CC3)c(Cc3ccc(I)cc3F)cc21. The molecule has 0 atom stereocenters. The van der Waals surface area contributed by atoms with Crippen molar-refractivity contribution >= 4 is 167 Å². The fraction of sp³-hybridized carbons (Fsp3) is 0.297. The molecule has 8 aromatic rings. The molecule has 1 spiro atoms. The smallest absolute Gasteiger partial charge is 0.299 e. The number of sulfonamides is 2. The second kappa shape index (κ2) is 33.2. The number of benzene rings is 7. The molecule has 15 rings (SSSR count). The van der Waals surface area contributed by atoms with Gasteiger partial charge < -0.3 is 46.7 Å². The van der Waals surface area contributed by atoms with E-state index < -0.39 is 58.1 Å². The Hall–Kier alpha value is -7.59. The number of amides is 5. The van der Waals surface area contributed by atoms with E-state index in [-0.39, 0.29) is 134 Å². The van der Waals surface area contributed by atoms with E-state index in [1.54, 1.807) is 78.9 Å². The number of aliphatic hydroxyl groups is 2. The number of hydrogen-bond donors (Lipinski definition) is 11. The van der Waals surface area contributed by atoms with E-state index in [1.807, 2.05) is 90.4 Å². The summed E-state index contributed by atoms with van der Waals surface area (Å²) in [5.74, 6) is -2.78. The van der Waals surface area contributed by atoms with Crippen LogP contribution in [0.5, 0.6) is 11.5 Å². The minimum Gasteiger partial charge on any atom is -0.494 e. The number of nitrogens with one attached hydrogen (secondary N) is 8. The average molecular weight is 2020 g/mol. The average Bonchev–Trinajstić information content (AvgIpc) is 1.56. The number of aromatic nitrogens is 1. The largest absolute Gasteiger partial charge is 0.494 e. The third kappa shape index (κ3) is 18.1. The monoisotopic (exact) mass is 2020 g/mol. The number of halogens is 8. The van der Waals surface area contributed by atoms with Crippen LogP contribution in [0.1, 0.15) is 164 Å². The standard InChI is InChI=1S/C21H22FIN2O5S.C18H19FIN3O5S.C18H16FIN2O3S.C17H13FIN3O2/c1-30-19-16-11-24-20(27)15(16)9-13(8-12-2-3-14(23)10-17(12)22)18(19)25-31(28,29)21(4-5-21)6-7-26;1-28-17-14-9-21-18(25)13(14)7-11(6-10-2-3-12(20)8-15(10)19)16(17)23-29(26,27)22-4-5-24;19-16-8-13(20)2-1-10(16)5-11-6-15-12(9-21-18(15)23)7-17(11)22-26(24,25)14-3-4-14;18-12-7-10(19)2-1-8(12)5-9-6-11-14(21-13(9)15(20)23)17(3-4-17)22-16(11)24/h2-3,9-10,25-26H,4-8,11H2,1H3,(H,24,27);2-3,7-8,22-24H,4-6,9H2,1H3,(H,21,25);1-2,6-8,14,22H,3-5,9H2,(H,21,23);1-2,6-7H,3-5H2,(H2,20,23)(H,22,24). The fourth-order valence-corrected chi connectivity index (χ4v) is 19.1. The lowest BCUT2D eigenvalue weighted by Gasteiger charge is -2.22. The number of carbonyl (C=O) groups is 5. The highest BCUT2D eigenvalue weighted by Crippen LogP contribution is 2.51. The van der Waals surface area contributed by atoms with Gasteiger partial charge in [0, 0.05) is 101 Å². The summed E-state index contributed by atoms with van der Waals surface area (Å²) in [6.07, 6.45) is 4.44. The topological polar surface area (TPSA) is 382 Å². The molecule has 5 amide bonds. The molecule has 0 unspecified atom stereocenters. The van der Waals surface area contributed by atoms with Crippen molar-refractivity contribution in [1.29, 1.82) is 0 Å². The van der Waals surface area contributed by atoms with Crippen molar-refractivity contribution in [2.75, 3.05) is 48.1 Å². The normalized spacial score (nSPS) is 15.7. The van der Waals surface area contributed by atoms with Gasteiger partial charge in [-0.2, -0.15) is 13.1 Å². The zero-order valence-corrected chi connectivity index (χ0v) is 69.5. The fourth-order valence-electron chi connectivity index (χ4n) is 13.3. The summed E-state index contributed by atoms with van der Waals surface area (Å²) in [5, 5.41) is 28.9. The van der Waals surface area contributed by atoms with Crippen LogP contribution in [-0.4, -0.2) is 114 Å². The predicted octanol–water partition coefficient (Wildman–Crippen LogP) is 9.86. The van der Waals surface area contributed by atoms with Gasteiger partial charge >= 0.3 is 0 Å². The Morgan fingerprint density at radius 1 is 0.545 bits per heavy atom. The Balaban J connectivity index is 0.000000137. The minimum absolute atomic E-state index is 0.0392. The highest BCUT2D eigenvalue weighted by Gasteiger charge is 2.55. The van der Waals surface area contributed by atoms with Crippen LogP contribution in [-0.2, 0) is 81.1 Å². The molecule has 580 valence electrons. The van der Waals surface area contributed by atoms with Gasteiger partial charge in [-0.05, 0) is 264 Å². The Morgan fingerprint density at radius 3 is 1.41 bits per heavy atom. The molecule has 0 radical (unpaired) electrons. The van der Waals surface area contributed by atoms with E-state index in [9.17, 15) is 71.9 Å². The van der Waals surface area contributed by atoms with Crippen LogP contribution < -0.4 is 55.4 Å². The quantitative estimate of drug-likeness (QED) is 0.0198. The van der Waals surface area contributed by atoms with Crippen molar-refractivity contribution in [3.8, 4) is 11.5 Å². The van der Waals surface area contributed by atoms with Gasteiger partial charge in [0.05, 0.1) is 64.7 Å². The molecule has 0 saturated heterocycles. The Labute approximate surface area is 684 Å². The van der Waals surface area contributed by atoms with E-state index >= 15 is 0 Å². The molecule has 110 heavy (non-hydrogen) atoms. The van der Waals surface area contributed by atoms with Crippen molar-refractivity contribution in [2.45, 2.75) is 106 Å². The zero-order valence-electron chi connectivity index (χ0n) is 58.4. The van der Waals surface area contributed by atoms with Crippen molar-refractivity contribution in [2.24, 2.45) is 5.73 Å². The van der Waals surface area contributed by atoms with Crippen LogP contribution in [0.25, 0.3) is 0 Å². The summed E-state index contributed by atoms with van der Waals surface area (Å²) in [5.41, 5.74) is 13.5. The highest BCUT2D eigenvalue weighted by molar-refractivity contribution is 14.1. The zero-order chi connectivity index (χ0) is 79.1. The van der Waals surface area contributed by atoms with Gasteiger partial charge in [0.15, 0.2) is 0 Å². The molecular weight excluding hydrogens is 1950 g/mol. The van der Waals surface area contributed by atoms with Gasteiger partial charge in [-0.3, -0.25) is 38.1 Å². The van der Waals surface area contributed by atoms with Gasteiger partial charge in [-0.15, -0.1) is 0 Å². The third-order valence-corrected chi connectivity index (χ3v) is 27.3. The van der Waals surface area contributed by atoms with Gasteiger partial charge in [0.25, 0.3) is 39.7 Å². The highest BCUT2D eigenvalue weighted by atomic mass is 127. The van der Waals surface area contributed by atoms with Gasteiger partial charge in [0.2, 0.25) is 20.0 Å². The van der Waals surface area contributed by atoms with Gasteiger partial charge in [-0.1, -0.05) is 24.3 Å². The molecule has 4 aliphatic heterocycles.